The van der Waals surface area contributed by atoms with Gasteiger partial charge in [-0.3, -0.25) is 0 Å². The number of aromatic nitrogens is 4. The van der Waals surface area contributed by atoms with Crippen LogP contribution in [0.5, 0.6) is 11.5 Å². The van der Waals surface area contributed by atoms with E-state index in [2.05, 4.69) is 10.2 Å². The molecule has 0 amide bonds. The SMILES string of the molecule is COc1cccc(-c2nc(CSc3nnc(-c4ccco4)n3C)cs2)c1OC. The fourth-order valence-electron chi connectivity index (χ4n) is 2.75. The van der Waals surface area contributed by atoms with Crippen LogP contribution < -0.4 is 9.47 Å². The minimum absolute atomic E-state index is 0.687. The second-order valence-electron chi connectivity index (χ2n) is 5.82. The average Bonchev–Trinajstić information content (AvgIpc) is 3.47. The molecule has 3 heterocycles. The lowest BCUT2D eigenvalue weighted by atomic mass is 10.2. The Morgan fingerprint density at radius 1 is 1.14 bits per heavy atom. The van der Waals surface area contributed by atoms with Crippen molar-refractivity contribution in [3.8, 4) is 33.7 Å². The predicted octanol–water partition coefficient (Wildman–Crippen LogP) is 4.51. The van der Waals surface area contributed by atoms with Gasteiger partial charge in [0, 0.05) is 18.2 Å². The summed E-state index contributed by atoms with van der Waals surface area (Å²) in [5.41, 5.74) is 1.89. The Morgan fingerprint density at radius 3 is 2.79 bits per heavy atom. The molecule has 0 spiro atoms. The molecular weight excluding hydrogens is 396 g/mol. The third kappa shape index (κ3) is 3.50. The first-order valence-electron chi connectivity index (χ1n) is 8.43. The summed E-state index contributed by atoms with van der Waals surface area (Å²) in [5, 5.41) is 12.2. The molecule has 0 saturated heterocycles. The predicted molar refractivity (Wildman–Crippen MR) is 109 cm³/mol. The summed E-state index contributed by atoms with van der Waals surface area (Å²) in [6.45, 7) is 0. The molecule has 144 valence electrons. The van der Waals surface area contributed by atoms with Crippen LogP contribution in [0.3, 0.4) is 0 Å². The molecule has 28 heavy (non-hydrogen) atoms. The summed E-state index contributed by atoms with van der Waals surface area (Å²) in [4.78, 5) is 4.75. The molecular formula is C19H18N4O3S2. The number of benzene rings is 1. The monoisotopic (exact) mass is 414 g/mol. The van der Waals surface area contributed by atoms with Gasteiger partial charge in [-0.25, -0.2) is 4.98 Å². The first-order chi connectivity index (χ1) is 13.7. The summed E-state index contributed by atoms with van der Waals surface area (Å²) in [5.74, 6) is 3.47. The van der Waals surface area contributed by atoms with Gasteiger partial charge in [0.2, 0.25) is 0 Å². The second kappa shape index (κ2) is 8.07. The van der Waals surface area contributed by atoms with Gasteiger partial charge >= 0.3 is 0 Å². The average molecular weight is 415 g/mol. The van der Waals surface area contributed by atoms with Gasteiger partial charge in [0.15, 0.2) is 28.2 Å². The number of para-hydroxylation sites is 1. The van der Waals surface area contributed by atoms with Crippen LogP contribution in [-0.2, 0) is 12.8 Å². The number of hydrogen-bond donors (Lipinski definition) is 0. The third-order valence-corrected chi connectivity index (χ3v) is 6.09. The van der Waals surface area contributed by atoms with E-state index in [1.165, 1.54) is 0 Å². The van der Waals surface area contributed by atoms with Crippen molar-refractivity contribution in [2.45, 2.75) is 10.9 Å². The third-order valence-electron chi connectivity index (χ3n) is 4.11. The van der Waals surface area contributed by atoms with Crippen LogP contribution in [0.1, 0.15) is 5.69 Å². The van der Waals surface area contributed by atoms with Crippen molar-refractivity contribution in [3.63, 3.8) is 0 Å². The molecule has 4 aromatic rings. The van der Waals surface area contributed by atoms with Crippen LogP contribution in [0.2, 0.25) is 0 Å². The highest BCUT2D eigenvalue weighted by Crippen LogP contribution is 2.39. The van der Waals surface area contributed by atoms with Crippen LogP contribution >= 0.6 is 23.1 Å². The van der Waals surface area contributed by atoms with Crippen molar-refractivity contribution in [2.75, 3.05) is 14.2 Å². The van der Waals surface area contributed by atoms with Gasteiger partial charge < -0.3 is 18.5 Å². The molecule has 0 aliphatic carbocycles. The Labute approximate surface area is 170 Å². The fraction of sp³-hybridized carbons (Fsp3) is 0.211. The Balaban J connectivity index is 1.51. The second-order valence-corrected chi connectivity index (χ2v) is 7.62. The molecule has 7 nitrogen and oxygen atoms in total. The molecule has 4 rings (SSSR count). The smallest absolute Gasteiger partial charge is 0.200 e. The lowest BCUT2D eigenvalue weighted by Gasteiger charge is -2.10. The van der Waals surface area contributed by atoms with E-state index in [0.717, 1.165) is 21.4 Å². The van der Waals surface area contributed by atoms with Gasteiger partial charge in [-0.15, -0.1) is 21.5 Å². The molecule has 9 heteroatoms. The fourth-order valence-corrected chi connectivity index (χ4v) is 4.50. The van der Waals surface area contributed by atoms with Gasteiger partial charge in [-0.2, -0.15) is 0 Å². The van der Waals surface area contributed by atoms with Crippen molar-refractivity contribution in [1.82, 2.24) is 19.7 Å². The Kier molecular flexibility index (Phi) is 5.36. The van der Waals surface area contributed by atoms with Crippen LogP contribution in [-0.4, -0.2) is 34.0 Å². The molecule has 0 N–H and O–H groups in total. The number of thioether (sulfide) groups is 1. The maximum atomic E-state index is 5.52. The minimum atomic E-state index is 0.687. The highest BCUT2D eigenvalue weighted by atomic mass is 32.2. The zero-order valence-corrected chi connectivity index (χ0v) is 17.2. The van der Waals surface area contributed by atoms with Crippen molar-refractivity contribution >= 4 is 23.1 Å². The van der Waals surface area contributed by atoms with E-state index in [1.54, 1.807) is 43.6 Å². The van der Waals surface area contributed by atoms with E-state index in [9.17, 15) is 0 Å². The van der Waals surface area contributed by atoms with Gasteiger partial charge in [0.25, 0.3) is 0 Å². The normalized spacial score (nSPS) is 11.0. The topological polar surface area (TPSA) is 75.2 Å². The quantitative estimate of drug-likeness (QED) is 0.412. The summed E-state index contributed by atoms with van der Waals surface area (Å²) >= 11 is 3.16. The lowest BCUT2D eigenvalue weighted by molar-refractivity contribution is 0.356. The first kappa shape index (κ1) is 18.6. The van der Waals surface area contributed by atoms with Gasteiger partial charge in [-0.1, -0.05) is 17.8 Å². The van der Waals surface area contributed by atoms with Crippen molar-refractivity contribution in [2.24, 2.45) is 7.05 Å². The number of rotatable bonds is 7. The number of nitrogens with zero attached hydrogens (tertiary/aromatic N) is 4. The zero-order valence-electron chi connectivity index (χ0n) is 15.6. The molecule has 0 fully saturated rings. The number of ether oxygens (including phenoxy) is 2. The summed E-state index contributed by atoms with van der Waals surface area (Å²) in [7, 11) is 5.19. The number of hydrogen-bond acceptors (Lipinski definition) is 8. The molecule has 3 aromatic heterocycles. The molecule has 0 radical (unpaired) electrons. The molecule has 0 unspecified atom stereocenters. The van der Waals surface area contributed by atoms with Gasteiger partial charge in [0.1, 0.15) is 5.01 Å². The van der Waals surface area contributed by atoms with Gasteiger partial charge in [0.05, 0.1) is 31.7 Å². The first-order valence-corrected chi connectivity index (χ1v) is 10.3. The Hall–Kier alpha value is -2.78. The van der Waals surface area contributed by atoms with E-state index in [0.29, 0.717) is 28.8 Å². The van der Waals surface area contributed by atoms with E-state index in [4.69, 9.17) is 18.9 Å². The van der Waals surface area contributed by atoms with E-state index in [1.807, 2.05) is 47.3 Å². The molecule has 0 atom stereocenters. The summed E-state index contributed by atoms with van der Waals surface area (Å²) < 4.78 is 18.2. The lowest BCUT2D eigenvalue weighted by Crippen LogP contribution is -1.94. The number of methoxy groups -OCH3 is 2. The van der Waals surface area contributed by atoms with Crippen molar-refractivity contribution in [3.05, 3.63) is 47.7 Å². The molecule has 0 aliphatic heterocycles. The van der Waals surface area contributed by atoms with Crippen molar-refractivity contribution < 1.29 is 13.9 Å². The number of thiazole rings is 1. The molecule has 0 aliphatic rings. The standard InChI is InChI=1S/C19H18N4O3S2/c1-23-17(15-8-5-9-26-15)21-22-19(23)28-11-12-10-27-18(20-12)13-6-4-7-14(24-2)16(13)25-3/h4-10H,11H2,1-3H3. The van der Waals surface area contributed by atoms with E-state index in [-0.39, 0.29) is 0 Å². The van der Waals surface area contributed by atoms with Crippen LogP contribution in [0.25, 0.3) is 22.2 Å². The molecule has 0 saturated carbocycles. The maximum Gasteiger partial charge on any atom is 0.200 e. The van der Waals surface area contributed by atoms with Crippen LogP contribution in [0, 0.1) is 0 Å². The van der Waals surface area contributed by atoms with Crippen LogP contribution in [0.4, 0.5) is 0 Å². The minimum Gasteiger partial charge on any atom is -0.493 e. The van der Waals surface area contributed by atoms with Crippen LogP contribution in [0.15, 0.2) is 51.5 Å². The number of furan rings is 1. The van der Waals surface area contributed by atoms with Crippen molar-refractivity contribution in [1.29, 1.82) is 0 Å². The highest BCUT2D eigenvalue weighted by molar-refractivity contribution is 7.98. The largest absolute Gasteiger partial charge is 0.493 e. The summed E-state index contributed by atoms with van der Waals surface area (Å²) in [6.07, 6.45) is 1.63. The molecule has 1 aromatic carbocycles. The summed E-state index contributed by atoms with van der Waals surface area (Å²) in [6, 6.07) is 9.49. The van der Waals surface area contributed by atoms with Gasteiger partial charge in [-0.05, 0) is 24.3 Å². The van der Waals surface area contributed by atoms with E-state index < -0.39 is 0 Å². The Morgan fingerprint density at radius 2 is 2.04 bits per heavy atom. The highest BCUT2D eigenvalue weighted by Gasteiger charge is 2.16. The molecule has 0 bridgehead atoms. The zero-order chi connectivity index (χ0) is 19.5. The maximum absolute atomic E-state index is 5.52. The van der Waals surface area contributed by atoms with E-state index >= 15 is 0 Å². The Bertz CT molecular complexity index is 1070.